The summed E-state index contributed by atoms with van der Waals surface area (Å²) in [6.45, 7) is 9.84. The van der Waals surface area contributed by atoms with E-state index in [4.69, 9.17) is 0 Å². The maximum Gasteiger partial charge on any atom is 0.0223 e. The second-order valence-electron chi connectivity index (χ2n) is 7.11. The largest absolute Gasteiger partial charge is 0.312 e. The molecule has 0 amide bonds. The van der Waals surface area contributed by atoms with Crippen LogP contribution in [0.5, 0.6) is 0 Å². The molecule has 2 unspecified atom stereocenters. The molecule has 0 spiro atoms. The average molecular weight is 280 g/mol. The average Bonchev–Trinajstić information content (AvgIpc) is 2.90. The molecule has 0 aromatic heterocycles. The van der Waals surface area contributed by atoms with Crippen LogP contribution in [0.4, 0.5) is 0 Å². The van der Waals surface area contributed by atoms with E-state index in [2.05, 4.69) is 24.1 Å². The van der Waals surface area contributed by atoms with Gasteiger partial charge >= 0.3 is 0 Å². The zero-order valence-electron chi connectivity index (χ0n) is 13.9. The van der Waals surface area contributed by atoms with Crippen LogP contribution in [-0.4, -0.2) is 37.1 Å². The SMILES string of the molecule is CCCNC(CN1CCCC(CC)CC1)C1CCCC1. The molecular weight excluding hydrogens is 244 g/mol. The van der Waals surface area contributed by atoms with E-state index in [1.165, 1.54) is 84.0 Å². The van der Waals surface area contributed by atoms with Crippen molar-refractivity contribution in [2.45, 2.75) is 77.7 Å². The molecule has 1 aliphatic heterocycles. The Morgan fingerprint density at radius 1 is 1.00 bits per heavy atom. The van der Waals surface area contributed by atoms with Crippen LogP contribution in [0.15, 0.2) is 0 Å². The first kappa shape index (κ1) is 16.3. The maximum absolute atomic E-state index is 3.86. The summed E-state index contributed by atoms with van der Waals surface area (Å²) in [5, 5.41) is 3.86. The van der Waals surface area contributed by atoms with Gasteiger partial charge in [0.15, 0.2) is 0 Å². The highest BCUT2D eigenvalue weighted by Crippen LogP contribution is 2.29. The third kappa shape index (κ3) is 5.04. The van der Waals surface area contributed by atoms with Crippen molar-refractivity contribution in [1.82, 2.24) is 10.2 Å². The number of hydrogen-bond acceptors (Lipinski definition) is 2. The summed E-state index contributed by atoms with van der Waals surface area (Å²) >= 11 is 0. The normalized spacial score (nSPS) is 27.6. The summed E-state index contributed by atoms with van der Waals surface area (Å²) in [7, 11) is 0. The minimum absolute atomic E-state index is 0.760. The van der Waals surface area contributed by atoms with Crippen molar-refractivity contribution in [2.75, 3.05) is 26.2 Å². The second-order valence-corrected chi connectivity index (χ2v) is 7.11. The molecule has 118 valence electrons. The Bertz CT molecular complexity index is 248. The molecule has 1 N–H and O–H groups in total. The molecule has 1 saturated carbocycles. The van der Waals surface area contributed by atoms with E-state index in [1.54, 1.807) is 0 Å². The van der Waals surface area contributed by atoms with Gasteiger partial charge in [-0.05, 0) is 70.0 Å². The van der Waals surface area contributed by atoms with Gasteiger partial charge < -0.3 is 10.2 Å². The van der Waals surface area contributed by atoms with E-state index in [0.29, 0.717) is 0 Å². The lowest BCUT2D eigenvalue weighted by Crippen LogP contribution is -2.45. The molecule has 1 saturated heterocycles. The molecule has 20 heavy (non-hydrogen) atoms. The number of hydrogen-bond donors (Lipinski definition) is 1. The number of nitrogens with zero attached hydrogens (tertiary/aromatic N) is 1. The molecule has 0 radical (unpaired) electrons. The van der Waals surface area contributed by atoms with E-state index in [9.17, 15) is 0 Å². The monoisotopic (exact) mass is 280 g/mol. The minimum atomic E-state index is 0.760. The van der Waals surface area contributed by atoms with Crippen LogP contribution in [0.1, 0.15) is 71.6 Å². The highest BCUT2D eigenvalue weighted by molar-refractivity contribution is 4.84. The standard InChI is InChI=1S/C18H36N2/c1-3-12-19-18(17-9-5-6-10-17)15-20-13-7-8-16(4-2)11-14-20/h16-19H,3-15H2,1-2H3. The van der Waals surface area contributed by atoms with E-state index in [0.717, 1.165) is 17.9 Å². The Hall–Kier alpha value is -0.0800. The Balaban J connectivity index is 1.82. The van der Waals surface area contributed by atoms with Crippen LogP contribution in [0.25, 0.3) is 0 Å². The van der Waals surface area contributed by atoms with Gasteiger partial charge in [-0.25, -0.2) is 0 Å². The van der Waals surface area contributed by atoms with Gasteiger partial charge in [0.1, 0.15) is 0 Å². The molecule has 2 aliphatic rings. The van der Waals surface area contributed by atoms with Gasteiger partial charge in [0.25, 0.3) is 0 Å². The lowest BCUT2D eigenvalue weighted by atomic mass is 9.97. The van der Waals surface area contributed by atoms with Crippen molar-refractivity contribution in [2.24, 2.45) is 11.8 Å². The lowest BCUT2D eigenvalue weighted by Gasteiger charge is -2.31. The van der Waals surface area contributed by atoms with Crippen molar-refractivity contribution in [3.63, 3.8) is 0 Å². The van der Waals surface area contributed by atoms with Gasteiger partial charge in [-0.1, -0.05) is 33.1 Å². The third-order valence-electron chi connectivity index (χ3n) is 5.60. The number of rotatable bonds is 7. The lowest BCUT2D eigenvalue weighted by molar-refractivity contribution is 0.211. The van der Waals surface area contributed by atoms with Crippen LogP contribution in [0.3, 0.4) is 0 Å². The van der Waals surface area contributed by atoms with Crippen molar-refractivity contribution in [3.8, 4) is 0 Å². The summed E-state index contributed by atoms with van der Waals surface area (Å²) in [6.07, 6.45) is 12.8. The Morgan fingerprint density at radius 3 is 2.50 bits per heavy atom. The Morgan fingerprint density at radius 2 is 1.80 bits per heavy atom. The first-order chi connectivity index (χ1) is 9.83. The summed E-state index contributed by atoms with van der Waals surface area (Å²) in [4.78, 5) is 2.77. The van der Waals surface area contributed by atoms with Crippen molar-refractivity contribution >= 4 is 0 Å². The Kier molecular flexibility index (Phi) is 7.37. The van der Waals surface area contributed by atoms with Gasteiger partial charge in [0.2, 0.25) is 0 Å². The zero-order chi connectivity index (χ0) is 14.2. The maximum atomic E-state index is 3.86. The number of nitrogens with one attached hydrogen (secondary N) is 1. The molecule has 2 atom stereocenters. The first-order valence-electron chi connectivity index (χ1n) is 9.29. The van der Waals surface area contributed by atoms with Crippen LogP contribution in [0.2, 0.25) is 0 Å². The van der Waals surface area contributed by atoms with Crippen LogP contribution < -0.4 is 5.32 Å². The van der Waals surface area contributed by atoms with Crippen LogP contribution >= 0.6 is 0 Å². The van der Waals surface area contributed by atoms with E-state index in [-0.39, 0.29) is 0 Å². The van der Waals surface area contributed by atoms with Crippen molar-refractivity contribution in [1.29, 1.82) is 0 Å². The predicted octanol–water partition coefficient (Wildman–Crippen LogP) is 4.06. The van der Waals surface area contributed by atoms with E-state index < -0.39 is 0 Å². The molecular formula is C18H36N2. The van der Waals surface area contributed by atoms with Gasteiger partial charge in [-0.2, -0.15) is 0 Å². The van der Waals surface area contributed by atoms with Gasteiger partial charge in [-0.15, -0.1) is 0 Å². The zero-order valence-corrected chi connectivity index (χ0v) is 13.9. The summed E-state index contributed by atoms with van der Waals surface area (Å²) in [5.74, 6) is 1.94. The summed E-state index contributed by atoms with van der Waals surface area (Å²) in [6, 6.07) is 0.760. The first-order valence-corrected chi connectivity index (χ1v) is 9.29. The van der Waals surface area contributed by atoms with E-state index >= 15 is 0 Å². The fourth-order valence-corrected chi connectivity index (χ4v) is 4.16. The quantitative estimate of drug-likeness (QED) is 0.756. The highest BCUT2D eigenvalue weighted by atomic mass is 15.1. The van der Waals surface area contributed by atoms with Gasteiger partial charge in [0.05, 0.1) is 0 Å². The fourth-order valence-electron chi connectivity index (χ4n) is 4.16. The Labute approximate surface area is 126 Å². The van der Waals surface area contributed by atoms with Crippen molar-refractivity contribution < 1.29 is 0 Å². The molecule has 2 nitrogen and oxygen atoms in total. The topological polar surface area (TPSA) is 15.3 Å². The smallest absolute Gasteiger partial charge is 0.0223 e. The van der Waals surface area contributed by atoms with Crippen LogP contribution in [-0.2, 0) is 0 Å². The van der Waals surface area contributed by atoms with E-state index in [1.807, 2.05) is 0 Å². The summed E-state index contributed by atoms with van der Waals surface area (Å²) in [5.41, 5.74) is 0. The fraction of sp³-hybridized carbons (Fsp3) is 1.00. The molecule has 0 aromatic carbocycles. The molecule has 1 heterocycles. The number of likely N-dealkylation sites (tertiary alicyclic amines) is 1. The molecule has 2 fully saturated rings. The van der Waals surface area contributed by atoms with Crippen LogP contribution in [0, 0.1) is 11.8 Å². The highest BCUT2D eigenvalue weighted by Gasteiger charge is 2.27. The predicted molar refractivity (Wildman–Crippen MR) is 88.1 cm³/mol. The van der Waals surface area contributed by atoms with Crippen molar-refractivity contribution in [3.05, 3.63) is 0 Å². The second kappa shape index (κ2) is 9.04. The summed E-state index contributed by atoms with van der Waals surface area (Å²) < 4.78 is 0. The molecule has 2 heteroatoms. The minimum Gasteiger partial charge on any atom is -0.312 e. The molecule has 2 rings (SSSR count). The third-order valence-corrected chi connectivity index (χ3v) is 5.60. The van der Waals surface area contributed by atoms with Gasteiger partial charge in [0, 0.05) is 12.6 Å². The molecule has 1 aliphatic carbocycles. The molecule has 0 aromatic rings. The molecule has 0 bridgehead atoms. The van der Waals surface area contributed by atoms with Gasteiger partial charge in [-0.3, -0.25) is 0 Å².